The molecule has 27 heteroatoms. The Kier molecular flexibility index (Phi) is 25.9. The second-order valence-corrected chi connectivity index (χ2v) is 27.8. The van der Waals surface area contributed by atoms with E-state index in [1.807, 2.05) is 58.0 Å². The molecule has 11 amide bonds. The number of carbonyl (C=O) groups excluding carboxylic acids is 11. The maximum atomic E-state index is 15.4. The van der Waals surface area contributed by atoms with Gasteiger partial charge in [0, 0.05) is 81.4 Å². The van der Waals surface area contributed by atoms with Crippen molar-refractivity contribution in [2.45, 2.75) is 172 Å². The Bertz CT molecular complexity index is 3240. The molecule has 1 spiro atoms. The van der Waals surface area contributed by atoms with Gasteiger partial charge in [-0.3, -0.25) is 52.7 Å². The number of methoxy groups -OCH3 is 1. The molecule has 3 heterocycles. The summed E-state index contributed by atoms with van der Waals surface area (Å²) in [4.78, 5) is 172. The number of benzene rings is 2. The number of alkyl halides is 3. The number of aryl methyl sites for hydroxylation is 2. The molecule has 97 heavy (non-hydrogen) atoms. The summed E-state index contributed by atoms with van der Waals surface area (Å²) in [6.07, 6.45) is 2.62. The van der Waals surface area contributed by atoms with Crippen LogP contribution in [0.5, 0.6) is 5.75 Å². The smallest absolute Gasteiger partial charge is 0.419 e. The number of likely N-dealkylation sites (N-methyl/N-ethyl adjacent to an activating group) is 6. The number of nitrogens with one attached hydrogen (secondary N) is 3. The minimum absolute atomic E-state index is 0.0102. The lowest BCUT2D eigenvalue weighted by Gasteiger charge is -2.54. The molecular formula is C70H100F3N11O13. The summed E-state index contributed by atoms with van der Waals surface area (Å²) in [5.41, 5.74) is -1.02. The summed E-state index contributed by atoms with van der Waals surface area (Å²) < 4.78 is 53.0. The number of amides is 11. The van der Waals surface area contributed by atoms with Crippen LogP contribution < -0.4 is 20.7 Å². The van der Waals surface area contributed by atoms with Crippen LogP contribution in [-0.4, -0.2) is 248 Å². The van der Waals surface area contributed by atoms with Crippen LogP contribution in [0.1, 0.15) is 128 Å². The van der Waals surface area contributed by atoms with Gasteiger partial charge >= 0.3 is 6.18 Å². The molecule has 24 nitrogen and oxygen atoms in total. The van der Waals surface area contributed by atoms with Crippen LogP contribution in [0.4, 0.5) is 13.2 Å². The molecule has 3 N–H and O–H groups in total. The summed E-state index contributed by atoms with van der Waals surface area (Å²) in [6.45, 7) is 7.49. The molecule has 0 radical (unpaired) electrons. The molecule has 2 aromatic carbocycles. The Hall–Kier alpha value is -8.10. The van der Waals surface area contributed by atoms with Crippen molar-refractivity contribution in [1.29, 1.82) is 0 Å². The highest BCUT2D eigenvalue weighted by molar-refractivity contribution is 6.00. The number of hydrogen-bond acceptors (Lipinski definition) is 13. The molecule has 7 atom stereocenters. The molecule has 2 aliphatic carbocycles. The average Bonchev–Trinajstić information content (AvgIpc) is 1.20. The van der Waals surface area contributed by atoms with Gasteiger partial charge in [0.05, 0.1) is 38.9 Å². The summed E-state index contributed by atoms with van der Waals surface area (Å²) >= 11 is 0. The van der Waals surface area contributed by atoms with Gasteiger partial charge in [-0.1, -0.05) is 83.0 Å². The van der Waals surface area contributed by atoms with Crippen molar-refractivity contribution < 1.29 is 75.4 Å². The van der Waals surface area contributed by atoms with Crippen molar-refractivity contribution in [3.05, 3.63) is 76.9 Å². The van der Waals surface area contributed by atoms with E-state index in [2.05, 4.69) is 16.0 Å². The fourth-order valence-electron chi connectivity index (χ4n) is 14.4. The normalized spacial score (nSPS) is 26.1. The first kappa shape index (κ1) is 76.3. The predicted molar refractivity (Wildman–Crippen MR) is 353 cm³/mol. The predicted octanol–water partition coefficient (Wildman–Crippen LogP) is 4.00. The van der Waals surface area contributed by atoms with E-state index < -0.39 is 149 Å². The first-order valence-corrected chi connectivity index (χ1v) is 33.8. The van der Waals surface area contributed by atoms with Crippen LogP contribution >= 0.6 is 0 Å². The molecule has 2 aromatic rings. The topological polar surface area (TPSA) is 268 Å². The molecular weight excluding hydrogens is 1260 g/mol. The zero-order valence-electron chi connectivity index (χ0n) is 58.4. The number of rotatable bonds is 11. The lowest BCUT2D eigenvalue weighted by atomic mass is 9.58. The van der Waals surface area contributed by atoms with Gasteiger partial charge in [0.1, 0.15) is 47.5 Å². The van der Waals surface area contributed by atoms with E-state index in [1.54, 1.807) is 13.0 Å². The second kappa shape index (κ2) is 33.0. The molecule has 2 bridgehead atoms. The quantitative estimate of drug-likeness (QED) is 0.269. The molecule has 3 aliphatic heterocycles. The monoisotopic (exact) mass is 1360 g/mol. The third-order valence-corrected chi connectivity index (χ3v) is 19.9. The Morgan fingerprint density at radius 1 is 0.670 bits per heavy atom. The Labute approximate surface area is 567 Å². The third kappa shape index (κ3) is 18.8. The highest BCUT2D eigenvalue weighted by Crippen LogP contribution is 2.50. The fraction of sp³-hybridized carbons (Fsp3) is 0.643. The highest BCUT2D eigenvalue weighted by atomic mass is 19.4. The minimum atomic E-state index is -4.75. The summed E-state index contributed by atoms with van der Waals surface area (Å²) in [5.74, 6) is -8.09. The molecule has 2 saturated heterocycles. The molecule has 0 aromatic heterocycles. The van der Waals surface area contributed by atoms with E-state index in [1.165, 1.54) is 83.8 Å². The Morgan fingerprint density at radius 2 is 1.33 bits per heavy atom. The van der Waals surface area contributed by atoms with Crippen molar-refractivity contribution in [1.82, 2.24) is 55.1 Å². The van der Waals surface area contributed by atoms with E-state index >= 15 is 24.0 Å². The second-order valence-electron chi connectivity index (χ2n) is 27.8. The molecule has 2 saturated carbocycles. The minimum Gasteiger partial charge on any atom is -0.496 e. The van der Waals surface area contributed by atoms with Crippen LogP contribution in [0.3, 0.4) is 0 Å². The Morgan fingerprint density at radius 3 is 1.96 bits per heavy atom. The summed E-state index contributed by atoms with van der Waals surface area (Å²) in [7, 11) is 9.69. The number of carbonyl (C=O) groups is 11. The lowest BCUT2D eigenvalue weighted by Crippen LogP contribution is -2.71. The number of ether oxygens (including phenoxy) is 2. The number of nitrogens with zero attached hydrogens (tertiary/aromatic N) is 8. The van der Waals surface area contributed by atoms with Crippen LogP contribution in [0, 0.1) is 17.3 Å². The third-order valence-electron chi connectivity index (χ3n) is 19.9. The SMILES string of the molecule is CCOC[C@H]1C(=O)NCC(=O)N(C)CC(=O)N(C)[C@H]2C/C=C\CCN(C2=O)[C@@H](Cc2ccc(CC)cc2)C(=O)N(C)CC(=O)N[C@H](CCc2ccc(C(F)(F)F)c(OC)c2)C(=O)N2C[C@@H](C)C[C@H]2C(=O)NC2(CC(C)(C)C2)C(=O)N(C)[C@@H](C2CCCC2)C(=O)N(C)CCC(=O)N1C. The first-order valence-electron chi connectivity index (χ1n) is 33.8. The zero-order chi connectivity index (χ0) is 71.4. The molecule has 5 aliphatic rings. The molecule has 534 valence electrons. The first-order chi connectivity index (χ1) is 45.7. The van der Waals surface area contributed by atoms with Gasteiger partial charge in [0.2, 0.25) is 65.0 Å². The van der Waals surface area contributed by atoms with Crippen LogP contribution in [0.25, 0.3) is 0 Å². The van der Waals surface area contributed by atoms with Crippen molar-refractivity contribution >= 4 is 65.0 Å². The standard InChI is InChI=1S/C70H100F3N11O13/c1-13-45-23-25-46(26-24-45)35-53-64(92)79(8)39-56(85)75-50(30-28-47-27-29-49(70(71,72)73)55(36-47)96-12)63(91)84-38-44(3)34-52(84)62(90)76-69(42-68(4,5)43-69)67(95)82(11)60(48-20-17-18-21-48)66(94)77(6)33-31-57(86)81(10)54(41-97-14-2)61(89)74-37-58(87)78(7)40-59(88)80(9)51-22-16-15-19-32-83(53)65(51)93/h15-16,23-27,29,36,44,48,50-54,60H,13-14,17-22,28,30-35,37-43H2,1-12H3,(H,74,89)(H,75,85)(H,76,90)/b16-15-/t44-,50+,51-,52-,53-,54-,60-/m0/s1. The molecule has 0 unspecified atom stereocenters. The molecule has 7 rings (SSSR count). The number of fused-ring (bicyclic) bond motifs is 3. The van der Waals surface area contributed by atoms with E-state index in [0.29, 0.717) is 30.4 Å². The van der Waals surface area contributed by atoms with Crippen LogP contribution in [0.15, 0.2) is 54.6 Å². The lowest BCUT2D eigenvalue weighted by molar-refractivity contribution is -0.159. The van der Waals surface area contributed by atoms with E-state index in [-0.39, 0.29) is 96.1 Å². The van der Waals surface area contributed by atoms with Crippen LogP contribution in [0.2, 0.25) is 0 Å². The highest BCUT2D eigenvalue weighted by Gasteiger charge is 2.59. The maximum absolute atomic E-state index is 15.4. The van der Waals surface area contributed by atoms with Gasteiger partial charge in [-0.15, -0.1) is 0 Å². The van der Waals surface area contributed by atoms with Crippen molar-refractivity contribution in [3.63, 3.8) is 0 Å². The van der Waals surface area contributed by atoms with Gasteiger partial charge in [-0.2, -0.15) is 13.2 Å². The van der Waals surface area contributed by atoms with Crippen molar-refractivity contribution in [3.8, 4) is 5.75 Å². The fourth-order valence-corrected chi connectivity index (χ4v) is 14.4. The molecule has 4 fully saturated rings. The van der Waals surface area contributed by atoms with E-state index in [4.69, 9.17) is 9.47 Å². The number of hydrogen-bond donors (Lipinski definition) is 3. The van der Waals surface area contributed by atoms with E-state index in [0.717, 1.165) is 47.8 Å². The van der Waals surface area contributed by atoms with Gasteiger partial charge in [0.15, 0.2) is 0 Å². The Balaban J connectivity index is 1.27. The summed E-state index contributed by atoms with van der Waals surface area (Å²) in [5, 5.41) is 8.45. The van der Waals surface area contributed by atoms with Gasteiger partial charge in [-0.25, -0.2) is 0 Å². The van der Waals surface area contributed by atoms with Crippen molar-refractivity contribution in [2.75, 3.05) is 102 Å². The van der Waals surface area contributed by atoms with Gasteiger partial charge in [0.25, 0.3) is 0 Å². The summed E-state index contributed by atoms with van der Waals surface area (Å²) in [6, 6.07) is 3.43. The van der Waals surface area contributed by atoms with Gasteiger partial charge in [-0.05, 0) is 117 Å². The largest absolute Gasteiger partial charge is 0.496 e. The zero-order valence-corrected chi connectivity index (χ0v) is 58.4. The average molecular weight is 1360 g/mol. The van der Waals surface area contributed by atoms with E-state index in [9.17, 15) is 41.9 Å². The maximum Gasteiger partial charge on any atom is 0.419 e. The van der Waals surface area contributed by atoms with Crippen LogP contribution in [-0.2, 0) is 82.9 Å². The van der Waals surface area contributed by atoms with Gasteiger partial charge < -0.3 is 64.6 Å². The van der Waals surface area contributed by atoms with Crippen molar-refractivity contribution in [2.24, 2.45) is 17.3 Å². The number of halogens is 3.